The number of anilines is 1. The van der Waals surface area contributed by atoms with Crippen LogP contribution in [0.1, 0.15) is 5.56 Å². The van der Waals surface area contributed by atoms with Gasteiger partial charge in [0.1, 0.15) is 12.4 Å². The zero-order valence-corrected chi connectivity index (χ0v) is 13.9. The second-order valence-electron chi connectivity index (χ2n) is 5.23. The molecular formula is C17H20N4OS. The van der Waals surface area contributed by atoms with E-state index in [2.05, 4.69) is 33.5 Å². The van der Waals surface area contributed by atoms with E-state index in [4.69, 9.17) is 4.74 Å². The predicted molar refractivity (Wildman–Crippen MR) is 95.7 cm³/mol. The predicted octanol–water partition coefficient (Wildman–Crippen LogP) is 2.63. The molecule has 1 aromatic carbocycles. The zero-order valence-electron chi connectivity index (χ0n) is 13.1. The maximum absolute atomic E-state index is 5.79. The summed E-state index contributed by atoms with van der Waals surface area (Å²) in [6.45, 7) is 1.32. The third-order valence-electron chi connectivity index (χ3n) is 3.47. The minimum Gasteiger partial charge on any atom is -0.492 e. The molecule has 1 aliphatic rings. The van der Waals surface area contributed by atoms with Crippen LogP contribution < -0.4 is 15.0 Å². The van der Waals surface area contributed by atoms with Crippen LogP contribution in [0.5, 0.6) is 5.75 Å². The Morgan fingerprint density at radius 3 is 2.74 bits per heavy atom. The third kappa shape index (κ3) is 4.63. The standard InChI is InChI=1S/C17H20N4OS/c1-21(17-18-7-2-8-19-17)9-10-22-16-5-3-14(4-6-16)11-15-12-23-13-20-15/h2-8,11,20H,9-10,12-13H2,1H3. The average molecular weight is 328 g/mol. The van der Waals surface area contributed by atoms with Gasteiger partial charge < -0.3 is 15.0 Å². The molecule has 23 heavy (non-hydrogen) atoms. The molecule has 1 aliphatic heterocycles. The highest BCUT2D eigenvalue weighted by Crippen LogP contribution is 2.18. The van der Waals surface area contributed by atoms with E-state index in [0.717, 1.165) is 23.9 Å². The zero-order chi connectivity index (χ0) is 15.9. The molecule has 0 unspecified atom stereocenters. The number of ether oxygens (including phenoxy) is 1. The first-order valence-electron chi connectivity index (χ1n) is 7.54. The van der Waals surface area contributed by atoms with Crippen molar-refractivity contribution in [2.75, 3.05) is 36.7 Å². The number of hydrogen-bond acceptors (Lipinski definition) is 6. The van der Waals surface area contributed by atoms with Gasteiger partial charge in [-0.25, -0.2) is 9.97 Å². The summed E-state index contributed by atoms with van der Waals surface area (Å²) in [6.07, 6.45) is 5.67. The van der Waals surface area contributed by atoms with Crippen molar-refractivity contribution in [1.82, 2.24) is 15.3 Å². The van der Waals surface area contributed by atoms with Crippen LogP contribution in [0.25, 0.3) is 6.08 Å². The van der Waals surface area contributed by atoms with Crippen LogP contribution in [0, 0.1) is 0 Å². The first kappa shape index (κ1) is 15.7. The Morgan fingerprint density at radius 2 is 2.04 bits per heavy atom. The molecule has 1 saturated heterocycles. The Balaban J connectivity index is 1.48. The smallest absolute Gasteiger partial charge is 0.225 e. The fourth-order valence-corrected chi connectivity index (χ4v) is 2.99. The van der Waals surface area contributed by atoms with Crippen LogP contribution in [-0.2, 0) is 0 Å². The average Bonchev–Trinajstić information content (AvgIpc) is 3.10. The Kier molecular flexibility index (Phi) is 5.37. The van der Waals surface area contributed by atoms with Gasteiger partial charge in [-0.2, -0.15) is 0 Å². The molecule has 0 radical (unpaired) electrons. The van der Waals surface area contributed by atoms with Gasteiger partial charge in [-0.15, -0.1) is 11.8 Å². The van der Waals surface area contributed by atoms with E-state index in [1.807, 2.05) is 41.9 Å². The van der Waals surface area contributed by atoms with Crippen LogP contribution in [0.3, 0.4) is 0 Å². The van der Waals surface area contributed by atoms with Gasteiger partial charge in [0.05, 0.1) is 12.4 Å². The van der Waals surface area contributed by atoms with Crippen molar-refractivity contribution in [3.05, 3.63) is 54.0 Å². The van der Waals surface area contributed by atoms with Crippen molar-refractivity contribution in [3.63, 3.8) is 0 Å². The molecule has 2 aromatic rings. The largest absolute Gasteiger partial charge is 0.492 e. The Labute approximate surface area is 140 Å². The molecule has 5 nitrogen and oxygen atoms in total. The monoisotopic (exact) mass is 328 g/mol. The van der Waals surface area contributed by atoms with Crippen LogP contribution in [0.2, 0.25) is 0 Å². The van der Waals surface area contributed by atoms with Gasteiger partial charge in [0.25, 0.3) is 0 Å². The number of aromatic nitrogens is 2. The first-order valence-corrected chi connectivity index (χ1v) is 8.70. The first-order chi connectivity index (χ1) is 11.3. The van der Waals surface area contributed by atoms with Crippen LogP contribution >= 0.6 is 11.8 Å². The highest BCUT2D eigenvalue weighted by atomic mass is 32.2. The van der Waals surface area contributed by atoms with Gasteiger partial charge in [0.15, 0.2) is 0 Å². The Bertz CT molecular complexity index is 637. The molecule has 2 heterocycles. The molecular weight excluding hydrogens is 308 g/mol. The minimum absolute atomic E-state index is 0.591. The maximum atomic E-state index is 5.79. The van der Waals surface area contributed by atoms with Crippen molar-refractivity contribution in [2.24, 2.45) is 0 Å². The highest BCUT2D eigenvalue weighted by molar-refractivity contribution is 7.99. The third-order valence-corrected chi connectivity index (χ3v) is 4.33. The number of thioether (sulfide) groups is 1. The number of nitrogens with zero attached hydrogens (tertiary/aromatic N) is 3. The summed E-state index contributed by atoms with van der Waals surface area (Å²) in [5.41, 5.74) is 2.48. The number of benzene rings is 1. The summed E-state index contributed by atoms with van der Waals surface area (Å²) in [4.78, 5) is 10.4. The van der Waals surface area contributed by atoms with E-state index in [-0.39, 0.29) is 0 Å². The lowest BCUT2D eigenvalue weighted by Gasteiger charge is -2.16. The van der Waals surface area contributed by atoms with E-state index in [1.165, 1.54) is 11.3 Å². The normalized spacial score (nSPS) is 15.4. The van der Waals surface area contributed by atoms with Crippen LogP contribution in [0.4, 0.5) is 5.95 Å². The molecule has 0 aliphatic carbocycles. The van der Waals surface area contributed by atoms with Gasteiger partial charge in [0.2, 0.25) is 5.95 Å². The quantitative estimate of drug-likeness (QED) is 0.880. The summed E-state index contributed by atoms with van der Waals surface area (Å²) < 4.78 is 5.79. The van der Waals surface area contributed by atoms with Crippen molar-refractivity contribution in [3.8, 4) is 5.75 Å². The lowest BCUT2D eigenvalue weighted by molar-refractivity contribution is 0.325. The van der Waals surface area contributed by atoms with Gasteiger partial charge >= 0.3 is 0 Å². The maximum Gasteiger partial charge on any atom is 0.225 e. The van der Waals surface area contributed by atoms with Crippen LogP contribution in [0.15, 0.2) is 48.4 Å². The van der Waals surface area contributed by atoms with Crippen LogP contribution in [-0.4, -0.2) is 41.8 Å². The number of rotatable bonds is 6. The van der Waals surface area contributed by atoms with Gasteiger partial charge in [-0.05, 0) is 29.8 Å². The summed E-state index contributed by atoms with van der Waals surface area (Å²) in [5.74, 6) is 3.65. The Hall–Kier alpha value is -2.21. The second kappa shape index (κ2) is 7.87. The highest BCUT2D eigenvalue weighted by Gasteiger charge is 2.05. The molecule has 0 amide bonds. The molecule has 6 heteroatoms. The van der Waals surface area contributed by atoms with E-state index in [0.29, 0.717) is 12.6 Å². The molecule has 1 aromatic heterocycles. The number of hydrogen-bond donors (Lipinski definition) is 1. The van der Waals surface area contributed by atoms with E-state index in [1.54, 1.807) is 12.4 Å². The van der Waals surface area contributed by atoms with Gasteiger partial charge in [-0.1, -0.05) is 12.1 Å². The van der Waals surface area contributed by atoms with Crippen molar-refractivity contribution >= 4 is 23.8 Å². The molecule has 0 spiro atoms. The van der Waals surface area contributed by atoms with E-state index in [9.17, 15) is 0 Å². The minimum atomic E-state index is 0.591. The summed E-state index contributed by atoms with van der Waals surface area (Å²) in [6, 6.07) is 9.99. The van der Waals surface area contributed by atoms with Gasteiger partial charge in [0, 0.05) is 30.9 Å². The fraction of sp³-hybridized carbons (Fsp3) is 0.294. The molecule has 0 saturated carbocycles. The molecule has 3 rings (SSSR count). The number of likely N-dealkylation sites (N-methyl/N-ethyl adjacent to an activating group) is 1. The van der Waals surface area contributed by atoms with E-state index >= 15 is 0 Å². The van der Waals surface area contributed by atoms with Crippen molar-refractivity contribution in [2.45, 2.75) is 0 Å². The molecule has 0 atom stereocenters. The molecule has 120 valence electrons. The summed E-state index contributed by atoms with van der Waals surface area (Å²) >= 11 is 1.90. The SMILES string of the molecule is CN(CCOc1ccc(C=C2CSCN2)cc1)c1ncccn1. The summed E-state index contributed by atoms with van der Waals surface area (Å²) in [5, 5.41) is 3.36. The fourth-order valence-electron chi connectivity index (χ4n) is 2.20. The lowest BCUT2D eigenvalue weighted by Crippen LogP contribution is -2.25. The molecule has 1 fully saturated rings. The Morgan fingerprint density at radius 1 is 1.26 bits per heavy atom. The summed E-state index contributed by atoms with van der Waals surface area (Å²) in [7, 11) is 1.96. The second-order valence-corrected chi connectivity index (χ2v) is 6.21. The molecule has 1 N–H and O–H groups in total. The van der Waals surface area contributed by atoms with E-state index < -0.39 is 0 Å². The molecule has 0 bridgehead atoms. The number of nitrogens with one attached hydrogen (secondary N) is 1. The van der Waals surface area contributed by atoms with Crippen molar-refractivity contribution < 1.29 is 4.74 Å². The van der Waals surface area contributed by atoms with Gasteiger partial charge in [-0.3, -0.25) is 0 Å². The van der Waals surface area contributed by atoms with Crippen molar-refractivity contribution in [1.29, 1.82) is 0 Å². The topological polar surface area (TPSA) is 50.3 Å². The lowest BCUT2D eigenvalue weighted by atomic mass is 10.2.